The second-order valence-corrected chi connectivity index (χ2v) is 5.03. The van der Waals surface area contributed by atoms with Gasteiger partial charge in [0.1, 0.15) is 0 Å². The van der Waals surface area contributed by atoms with E-state index in [2.05, 4.69) is 9.98 Å². The molecule has 0 fully saturated rings. The molecule has 0 radical (unpaired) electrons. The van der Waals surface area contributed by atoms with Gasteiger partial charge < -0.3 is 17.2 Å². The maximum Gasteiger partial charge on any atom is 0.238 e. The van der Waals surface area contributed by atoms with Crippen molar-refractivity contribution in [3.05, 3.63) is 23.8 Å². The fraction of sp³-hybridized carbons (Fsp3) is 0.111. The van der Waals surface area contributed by atoms with Gasteiger partial charge in [-0.15, -0.1) is 0 Å². The Morgan fingerprint density at radius 3 is 2.33 bits per heavy atom. The summed E-state index contributed by atoms with van der Waals surface area (Å²) in [5.41, 5.74) is 16.5. The number of rotatable bonds is 2. The molecule has 0 unspecified atom stereocenters. The zero-order valence-electron chi connectivity index (χ0n) is 9.66. The lowest BCUT2D eigenvalue weighted by atomic mass is 10.2. The molecule has 8 N–H and O–H groups in total. The van der Waals surface area contributed by atoms with Crippen LogP contribution in [0.5, 0.6) is 0 Å². The van der Waals surface area contributed by atoms with Crippen LogP contribution in [-0.4, -0.2) is 20.3 Å². The summed E-state index contributed by atoms with van der Waals surface area (Å²) >= 11 is 0. The third-order valence-corrected chi connectivity index (χ3v) is 3.02. The largest absolute Gasteiger partial charge is 0.370 e. The Balaban J connectivity index is 3.27. The van der Waals surface area contributed by atoms with Gasteiger partial charge in [0.05, 0.1) is 10.6 Å². The Labute approximate surface area is 104 Å². The van der Waals surface area contributed by atoms with Crippen molar-refractivity contribution in [3.63, 3.8) is 0 Å². The Bertz CT molecular complexity index is 616. The van der Waals surface area contributed by atoms with E-state index in [1.54, 1.807) is 19.1 Å². The minimum absolute atomic E-state index is 0.0266. The first-order valence-corrected chi connectivity index (χ1v) is 6.32. The van der Waals surface area contributed by atoms with Gasteiger partial charge in [0.2, 0.25) is 16.0 Å². The summed E-state index contributed by atoms with van der Waals surface area (Å²) in [5.74, 6) is -0.422. The lowest BCUT2D eigenvalue weighted by molar-refractivity contribution is 0.597. The molecule has 0 atom stereocenters. The molecule has 0 amide bonds. The minimum Gasteiger partial charge on any atom is -0.370 e. The van der Waals surface area contributed by atoms with Gasteiger partial charge in [0, 0.05) is 0 Å². The molecule has 0 aliphatic heterocycles. The van der Waals surface area contributed by atoms with Crippen molar-refractivity contribution in [1.29, 1.82) is 0 Å². The number of aryl methyl sites for hydroxylation is 1. The molecular formula is C9H14N6O2S. The van der Waals surface area contributed by atoms with Crippen molar-refractivity contribution in [3.8, 4) is 0 Å². The van der Waals surface area contributed by atoms with Gasteiger partial charge in [0.25, 0.3) is 0 Å². The average molecular weight is 270 g/mol. The molecule has 1 aromatic rings. The molecule has 0 aliphatic carbocycles. The molecule has 0 spiro atoms. The summed E-state index contributed by atoms with van der Waals surface area (Å²) in [4.78, 5) is 7.32. The standard InChI is InChI=1S/C9H14N6O2S/c1-5-2-3-6(4-7(5)18(13,16)17)14-9(12)15-8(10)11/h2-4H,1H3,(H2,13,16,17)(H6,10,11,12,14,15). The van der Waals surface area contributed by atoms with Gasteiger partial charge in [-0.25, -0.2) is 18.5 Å². The highest BCUT2D eigenvalue weighted by atomic mass is 32.2. The van der Waals surface area contributed by atoms with Gasteiger partial charge in [0.15, 0.2) is 5.96 Å². The van der Waals surface area contributed by atoms with E-state index in [9.17, 15) is 8.42 Å². The van der Waals surface area contributed by atoms with Crippen molar-refractivity contribution >= 4 is 27.6 Å². The summed E-state index contributed by atoms with van der Waals surface area (Å²) < 4.78 is 22.6. The fourth-order valence-electron chi connectivity index (χ4n) is 1.25. The second kappa shape index (κ2) is 5.02. The minimum atomic E-state index is -3.81. The van der Waals surface area contributed by atoms with Crippen molar-refractivity contribution in [1.82, 2.24) is 0 Å². The van der Waals surface area contributed by atoms with Crippen LogP contribution in [0.15, 0.2) is 33.1 Å². The Morgan fingerprint density at radius 1 is 1.22 bits per heavy atom. The second-order valence-electron chi connectivity index (χ2n) is 3.50. The zero-order valence-corrected chi connectivity index (χ0v) is 10.5. The summed E-state index contributed by atoms with van der Waals surface area (Å²) in [6, 6.07) is 4.42. The maximum atomic E-state index is 11.3. The molecule has 18 heavy (non-hydrogen) atoms. The van der Waals surface area contributed by atoms with E-state index in [1.807, 2.05) is 0 Å². The monoisotopic (exact) mass is 270 g/mol. The predicted molar refractivity (Wildman–Crippen MR) is 69.6 cm³/mol. The SMILES string of the molecule is Cc1ccc(N=C(N)N=C(N)N)cc1S(N)(=O)=O. The van der Waals surface area contributed by atoms with Crippen LogP contribution in [0.3, 0.4) is 0 Å². The zero-order chi connectivity index (χ0) is 13.9. The normalized spacial score (nSPS) is 12.2. The highest BCUT2D eigenvalue weighted by Crippen LogP contribution is 2.21. The van der Waals surface area contributed by atoms with Gasteiger partial charge in [-0.2, -0.15) is 4.99 Å². The first-order valence-electron chi connectivity index (χ1n) is 4.77. The van der Waals surface area contributed by atoms with E-state index >= 15 is 0 Å². The van der Waals surface area contributed by atoms with Crippen LogP contribution >= 0.6 is 0 Å². The van der Waals surface area contributed by atoms with Crippen LogP contribution in [-0.2, 0) is 10.0 Å². The number of aliphatic imine (C=N–C) groups is 2. The predicted octanol–water partition coefficient (Wildman–Crippen LogP) is -1.14. The average Bonchev–Trinajstić information content (AvgIpc) is 2.17. The van der Waals surface area contributed by atoms with E-state index in [0.29, 0.717) is 5.56 Å². The van der Waals surface area contributed by atoms with Crippen molar-refractivity contribution in [2.24, 2.45) is 32.3 Å². The Hall–Kier alpha value is -2.13. The first kappa shape index (κ1) is 13.9. The van der Waals surface area contributed by atoms with E-state index < -0.39 is 10.0 Å². The molecular weight excluding hydrogens is 256 g/mol. The summed E-state index contributed by atoms with van der Waals surface area (Å²) in [6.07, 6.45) is 0. The third kappa shape index (κ3) is 3.71. The van der Waals surface area contributed by atoms with E-state index in [-0.39, 0.29) is 22.5 Å². The smallest absolute Gasteiger partial charge is 0.238 e. The van der Waals surface area contributed by atoms with Crippen LogP contribution in [0.1, 0.15) is 5.56 Å². The molecule has 0 aromatic heterocycles. The first-order chi connectivity index (χ1) is 8.20. The number of nitrogens with zero attached hydrogens (tertiary/aromatic N) is 2. The van der Waals surface area contributed by atoms with Crippen molar-refractivity contribution in [2.75, 3.05) is 0 Å². The Morgan fingerprint density at radius 2 is 1.83 bits per heavy atom. The van der Waals surface area contributed by atoms with E-state index in [0.717, 1.165) is 0 Å². The van der Waals surface area contributed by atoms with Crippen molar-refractivity contribution < 1.29 is 8.42 Å². The van der Waals surface area contributed by atoms with Crippen LogP contribution < -0.4 is 22.3 Å². The molecule has 0 saturated carbocycles. The summed E-state index contributed by atoms with van der Waals surface area (Å²) in [5, 5.41) is 5.06. The van der Waals surface area contributed by atoms with Gasteiger partial charge in [-0.1, -0.05) is 6.07 Å². The Kier molecular flexibility index (Phi) is 3.89. The molecule has 98 valence electrons. The summed E-state index contributed by atoms with van der Waals surface area (Å²) in [6.45, 7) is 1.62. The van der Waals surface area contributed by atoms with Crippen molar-refractivity contribution in [2.45, 2.75) is 11.8 Å². The molecule has 0 aliphatic rings. The molecule has 9 heteroatoms. The molecule has 1 rings (SSSR count). The molecule has 0 bridgehead atoms. The summed E-state index contributed by atoms with van der Waals surface area (Å²) in [7, 11) is -3.81. The van der Waals surface area contributed by atoms with Crippen LogP contribution in [0.4, 0.5) is 5.69 Å². The molecule has 8 nitrogen and oxygen atoms in total. The van der Waals surface area contributed by atoms with Crippen LogP contribution in [0, 0.1) is 6.92 Å². The fourth-order valence-corrected chi connectivity index (χ4v) is 2.06. The number of hydrogen-bond acceptors (Lipinski definition) is 3. The lowest BCUT2D eigenvalue weighted by Gasteiger charge is -2.04. The van der Waals surface area contributed by atoms with Gasteiger partial charge in [-0.3, -0.25) is 0 Å². The van der Waals surface area contributed by atoms with Crippen LogP contribution in [0.2, 0.25) is 0 Å². The van der Waals surface area contributed by atoms with E-state index in [1.165, 1.54) is 6.07 Å². The number of nitrogens with two attached hydrogens (primary N) is 4. The topological polar surface area (TPSA) is 163 Å². The quantitative estimate of drug-likeness (QED) is 0.393. The number of primary sulfonamides is 1. The maximum absolute atomic E-state index is 11.3. The number of hydrogen-bond donors (Lipinski definition) is 4. The number of sulfonamides is 1. The molecule has 0 heterocycles. The molecule has 0 saturated heterocycles. The lowest BCUT2D eigenvalue weighted by Crippen LogP contribution is -2.26. The van der Waals surface area contributed by atoms with E-state index in [4.69, 9.17) is 22.3 Å². The van der Waals surface area contributed by atoms with Crippen LogP contribution in [0.25, 0.3) is 0 Å². The highest BCUT2D eigenvalue weighted by molar-refractivity contribution is 7.89. The molecule has 1 aromatic carbocycles. The highest BCUT2D eigenvalue weighted by Gasteiger charge is 2.11. The number of benzene rings is 1. The van der Waals surface area contributed by atoms with Gasteiger partial charge >= 0.3 is 0 Å². The third-order valence-electron chi connectivity index (χ3n) is 1.97. The number of guanidine groups is 2. The van der Waals surface area contributed by atoms with Gasteiger partial charge in [-0.05, 0) is 24.6 Å².